The minimum absolute atomic E-state index is 0.0570. The normalized spacial score (nSPS) is 36.4. The Hall–Kier alpha value is -1.67. The van der Waals surface area contributed by atoms with Crippen LogP contribution in [0.1, 0.15) is 78.1 Å². The van der Waals surface area contributed by atoms with Crippen LogP contribution in [0.15, 0.2) is 0 Å². The molecule has 1 aliphatic carbocycles. The fraction of sp³-hybridized carbons (Fsp3) is 0.875. The zero-order valence-corrected chi connectivity index (χ0v) is 19.5. The smallest absolute Gasteiger partial charge is 0.246 e. The second-order valence-corrected chi connectivity index (χ2v) is 10.1. The van der Waals surface area contributed by atoms with E-state index in [-0.39, 0.29) is 30.4 Å². The SMILES string of the molecule is CCCNC(=O)[C@@H]1[C@H]2C(=O)N(CCCO)C(C(=O)NC3CCCCC3)C23CC[C@@]1(CC)O3. The Morgan fingerprint density at radius 2 is 1.91 bits per heavy atom. The van der Waals surface area contributed by atoms with E-state index < -0.39 is 29.1 Å². The number of ether oxygens (including phenoxy) is 1. The average Bonchev–Trinajstić information content (AvgIpc) is 3.40. The first-order chi connectivity index (χ1) is 15.4. The molecular weight excluding hydrogens is 410 g/mol. The van der Waals surface area contributed by atoms with Gasteiger partial charge in [-0.15, -0.1) is 0 Å². The summed E-state index contributed by atoms with van der Waals surface area (Å²) in [6.45, 7) is 4.80. The maximum atomic E-state index is 13.7. The fourth-order valence-electron chi connectivity index (χ4n) is 6.78. The molecule has 0 aromatic rings. The van der Waals surface area contributed by atoms with E-state index >= 15 is 0 Å². The van der Waals surface area contributed by atoms with Crippen LogP contribution < -0.4 is 10.6 Å². The molecular formula is C24H39N3O5. The maximum absolute atomic E-state index is 13.7. The molecule has 2 bridgehead atoms. The molecule has 4 fully saturated rings. The number of hydrogen-bond donors (Lipinski definition) is 3. The molecule has 4 rings (SSSR count). The summed E-state index contributed by atoms with van der Waals surface area (Å²) in [5.41, 5.74) is -1.65. The summed E-state index contributed by atoms with van der Waals surface area (Å²) in [5.74, 6) is -1.69. The number of carbonyl (C=O) groups excluding carboxylic acids is 3. The molecule has 5 atom stereocenters. The van der Waals surface area contributed by atoms with Crippen molar-refractivity contribution in [3.8, 4) is 0 Å². The van der Waals surface area contributed by atoms with Gasteiger partial charge in [0.2, 0.25) is 17.7 Å². The molecule has 1 saturated carbocycles. The molecule has 3 amide bonds. The molecule has 32 heavy (non-hydrogen) atoms. The zero-order chi connectivity index (χ0) is 22.9. The number of rotatable bonds is 9. The molecule has 0 aromatic carbocycles. The molecule has 3 saturated heterocycles. The molecule has 0 radical (unpaired) electrons. The Labute approximate surface area is 190 Å². The average molecular weight is 450 g/mol. The van der Waals surface area contributed by atoms with Crippen molar-refractivity contribution < 1.29 is 24.2 Å². The molecule has 0 aromatic heterocycles. The minimum atomic E-state index is -0.963. The molecule has 8 heteroatoms. The third kappa shape index (κ3) is 3.63. The quantitative estimate of drug-likeness (QED) is 0.494. The number of amides is 3. The lowest BCUT2D eigenvalue weighted by Crippen LogP contribution is -2.57. The lowest BCUT2D eigenvalue weighted by Gasteiger charge is -2.35. The molecule has 2 unspecified atom stereocenters. The maximum Gasteiger partial charge on any atom is 0.246 e. The summed E-state index contributed by atoms with van der Waals surface area (Å²) in [6, 6.07) is -0.616. The van der Waals surface area contributed by atoms with E-state index in [0.717, 1.165) is 32.1 Å². The standard InChI is InChI=1S/C24H39N3O5/c1-3-13-25-20(29)17-18-22(31)27(14-8-15-28)19(21(30)26-16-9-6-5-7-10-16)24(18)12-11-23(17,4-2)32-24/h16-19,28H,3-15H2,1-2H3,(H,25,29)(H,26,30)/t17-,18-,19?,23+,24?/m0/s1. The number of carbonyl (C=O) groups is 3. The zero-order valence-electron chi connectivity index (χ0n) is 19.5. The number of nitrogens with zero attached hydrogens (tertiary/aromatic N) is 1. The van der Waals surface area contributed by atoms with Gasteiger partial charge in [-0.25, -0.2) is 0 Å². The van der Waals surface area contributed by atoms with Crippen LogP contribution in [0.4, 0.5) is 0 Å². The van der Waals surface area contributed by atoms with Crippen LogP contribution in [0, 0.1) is 11.8 Å². The molecule has 3 aliphatic heterocycles. The Balaban J connectivity index is 1.67. The molecule has 1 spiro atoms. The number of fused-ring (bicyclic) bond motifs is 1. The first kappa shape index (κ1) is 23.5. The summed E-state index contributed by atoms with van der Waals surface area (Å²) in [4.78, 5) is 42.2. The van der Waals surface area contributed by atoms with E-state index in [2.05, 4.69) is 10.6 Å². The topological polar surface area (TPSA) is 108 Å². The van der Waals surface area contributed by atoms with Crippen LogP contribution in [0.3, 0.4) is 0 Å². The van der Waals surface area contributed by atoms with Crippen LogP contribution >= 0.6 is 0 Å². The summed E-state index contributed by atoms with van der Waals surface area (Å²) in [7, 11) is 0. The van der Waals surface area contributed by atoms with Gasteiger partial charge >= 0.3 is 0 Å². The first-order valence-electron chi connectivity index (χ1n) is 12.6. The lowest BCUT2D eigenvalue weighted by atomic mass is 9.65. The van der Waals surface area contributed by atoms with Crippen molar-refractivity contribution in [2.24, 2.45) is 11.8 Å². The van der Waals surface area contributed by atoms with Gasteiger partial charge in [0.05, 0.1) is 17.4 Å². The minimum Gasteiger partial charge on any atom is -0.396 e. The molecule has 8 nitrogen and oxygen atoms in total. The molecule has 180 valence electrons. The first-order valence-corrected chi connectivity index (χ1v) is 12.6. The van der Waals surface area contributed by atoms with E-state index in [1.54, 1.807) is 4.90 Å². The second kappa shape index (κ2) is 9.29. The van der Waals surface area contributed by atoms with E-state index in [1.807, 2.05) is 13.8 Å². The van der Waals surface area contributed by atoms with Gasteiger partial charge in [0.15, 0.2) is 0 Å². The highest BCUT2D eigenvalue weighted by atomic mass is 16.5. The van der Waals surface area contributed by atoms with Crippen LogP contribution in [0.5, 0.6) is 0 Å². The van der Waals surface area contributed by atoms with Crippen molar-refractivity contribution in [1.82, 2.24) is 15.5 Å². The molecule has 4 aliphatic rings. The van der Waals surface area contributed by atoms with Crippen molar-refractivity contribution in [1.29, 1.82) is 0 Å². The van der Waals surface area contributed by atoms with E-state index in [4.69, 9.17) is 4.74 Å². The van der Waals surface area contributed by atoms with Crippen molar-refractivity contribution in [3.05, 3.63) is 0 Å². The van der Waals surface area contributed by atoms with Gasteiger partial charge < -0.3 is 25.4 Å². The summed E-state index contributed by atoms with van der Waals surface area (Å²) < 4.78 is 6.69. The molecule has 3 heterocycles. The van der Waals surface area contributed by atoms with Gasteiger partial charge in [0, 0.05) is 25.7 Å². The Bertz CT molecular complexity index is 739. The van der Waals surface area contributed by atoms with Crippen LogP contribution in [-0.4, -0.2) is 70.7 Å². The Kier molecular flexibility index (Phi) is 6.82. The highest BCUT2D eigenvalue weighted by Gasteiger charge is 2.78. The van der Waals surface area contributed by atoms with Crippen molar-refractivity contribution in [2.45, 2.75) is 101 Å². The highest BCUT2D eigenvalue weighted by Crippen LogP contribution is 2.64. The van der Waals surface area contributed by atoms with E-state index in [0.29, 0.717) is 38.8 Å². The number of aliphatic hydroxyl groups is 1. The summed E-state index contributed by atoms with van der Waals surface area (Å²) >= 11 is 0. The van der Waals surface area contributed by atoms with Crippen LogP contribution in [0.25, 0.3) is 0 Å². The second-order valence-electron chi connectivity index (χ2n) is 10.1. The number of likely N-dealkylation sites (tertiary alicyclic amines) is 1. The molecule has 3 N–H and O–H groups in total. The van der Waals surface area contributed by atoms with Crippen LogP contribution in [-0.2, 0) is 19.1 Å². The monoisotopic (exact) mass is 449 g/mol. The number of aliphatic hydroxyl groups excluding tert-OH is 1. The van der Waals surface area contributed by atoms with E-state index in [9.17, 15) is 19.5 Å². The van der Waals surface area contributed by atoms with Crippen molar-refractivity contribution >= 4 is 17.7 Å². The van der Waals surface area contributed by atoms with Crippen molar-refractivity contribution in [3.63, 3.8) is 0 Å². The number of nitrogens with one attached hydrogen (secondary N) is 2. The largest absolute Gasteiger partial charge is 0.396 e. The highest BCUT2D eigenvalue weighted by molar-refractivity contribution is 5.99. The summed E-state index contributed by atoms with van der Waals surface area (Å²) in [5, 5.41) is 15.6. The lowest BCUT2D eigenvalue weighted by molar-refractivity contribution is -0.148. The summed E-state index contributed by atoms with van der Waals surface area (Å²) in [6.07, 6.45) is 8.45. The van der Waals surface area contributed by atoms with Gasteiger partial charge in [-0.3, -0.25) is 14.4 Å². The van der Waals surface area contributed by atoms with E-state index in [1.165, 1.54) is 6.42 Å². The Morgan fingerprint density at radius 3 is 2.56 bits per heavy atom. The van der Waals surface area contributed by atoms with Crippen molar-refractivity contribution in [2.75, 3.05) is 19.7 Å². The fourth-order valence-corrected chi connectivity index (χ4v) is 6.78. The van der Waals surface area contributed by atoms with Gasteiger partial charge in [0.1, 0.15) is 11.6 Å². The van der Waals surface area contributed by atoms with Gasteiger partial charge in [-0.05, 0) is 44.9 Å². The van der Waals surface area contributed by atoms with Gasteiger partial charge in [-0.1, -0.05) is 33.1 Å². The van der Waals surface area contributed by atoms with Crippen LogP contribution in [0.2, 0.25) is 0 Å². The third-order valence-corrected chi connectivity index (χ3v) is 8.27. The predicted molar refractivity (Wildman–Crippen MR) is 119 cm³/mol. The third-order valence-electron chi connectivity index (χ3n) is 8.27. The van der Waals surface area contributed by atoms with Gasteiger partial charge in [-0.2, -0.15) is 0 Å². The Morgan fingerprint density at radius 1 is 1.16 bits per heavy atom. The predicted octanol–water partition coefficient (Wildman–Crippen LogP) is 1.50. The number of hydrogen-bond acceptors (Lipinski definition) is 5. The van der Waals surface area contributed by atoms with Gasteiger partial charge in [0.25, 0.3) is 0 Å².